The number of rotatable bonds is 7. The minimum atomic E-state index is -3.44. The van der Waals surface area contributed by atoms with E-state index in [1.54, 1.807) is 12.1 Å². The zero-order valence-electron chi connectivity index (χ0n) is 13.6. The predicted octanol–water partition coefficient (Wildman–Crippen LogP) is 2.76. The lowest BCUT2D eigenvalue weighted by molar-refractivity contribution is 0.520. The minimum Gasteiger partial charge on any atom is -0.397 e. The standard InChI is InChI=1S/C15H27N3O2S/c1-11(2)6-7-12(3)17-15-9-8-13(10-14(15)16)21(19,20)18(4)5/h8-12,17H,6-7,16H2,1-5H3. The van der Waals surface area contributed by atoms with Gasteiger partial charge in [-0.05, 0) is 43.9 Å². The number of hydrogen-bond donors (Lipinski definition) is 2. The third-order valence-electron chi connectivity index (χ3n) is 3.38. The van der Waals surface area contributed by atoms with E-state index in [9.17, 15) is 8.42 Å². The van der Waals surface area contributed by atoms with E-state index in [1.165, 1.54) is 24.5 Å². The molecule has 6 heteroatoms. The molecule has 0 saturated heterocycles. The van der Waals surface area contributed by atoms with Crippen LogP contribution in [0.2, 0.25) is 0 Å². The molecule has 0 saturated carbocycles. The average molecular weight is 313 g/mol. The van der Waals surface area contributed by atoms with Gasteiger partial charge in [0, 0.05) is 20.1 Å². The quantitative estimate of drug-likeness (QED) is 0.759. The Hall–Kier alpha value is -1.27. The van der Waals surface area contributed by atoms with Crippen LogP contribution in [0.5, 0.6) is 0 Å². The third kappa shape index (κ3) is 4.89. The first-order valence-electron chi connectivity index (χ1n) is 7.23. The van der Waals surface area contributed by atoms with Crippen molar-refractivity contribution in [3.05, 3.63) is 18.2 Å². The van der Waals surface area contributed by atoms with Crippen LogP contribution in [-0.4, -0.2) is 32.9 Å². The number of anilines is 2. The maximum absolute atomic E-state index is 12.0. The van der Waals surface area contributed by atoms with Crippen molar-refractivity contribution < 1.29 is 8.42 Å². The summed E-state index contributed by atoms with van der Waals surface area (Å²) in [7, 11) is -0.429. The second-order valence-corrected chi connectivity index (χ2v) is 8.20. The van der Waals surface area contributed by atoms with Gasteiger partial charge in [-0.25, -0.2) is 12.7 Å². The minimum absolute atomic E-state index is 0.213. The van der Waals surface area contributed by atoms with Gasteiger partial charge in [0.05, 0.1) is 16.3 Å². The van der Waals surface area contributed by atoms with Crippen molar-refractivity contribution in [3.63, 3.8) is 0 Å². The van der Waals surface area contributed by atoms with Gasteiger partial charge in [-0.15, -0.1) is 0 Å². The van der Waals surface area contributed by atoms with Gasteiger partial charge in [0.1, 0.15) is 0 Å². The van der Waals surface area contributed by atoms with Crippen molar-refractivity contribution >= 4 is 21.4 Å². The molecule has 0 bridgehead atoms. The summed E-state index contributed by atoms with van der Waals surface area (Å²) in [4.78, 5) is 0.213. The van der Waals surface area contributed by atoms with Gasteiger partial charge in [-0.2, -0.15) is 0 Å². The lowest BCUT2D eigenvalue weighted by Crippen LogP contribution is -2.22. The van der Waals surface area contributed by atoms with E-state index in [-0.39, 0.29) is 4.90 Å². The first kappa shape index (κ1) is 17.8. The predicted molar refractivity (Wildman–Crippen MR) is 88.9 cm³/mol. The summed E-state index contributed by atoms with van der Waals surface area (Å²) >= 11 is 0. The summed E-state index contributed by atoms with van der Waals surface area (Å²) in [5.41, 5.74) is 7.21. The topological polar surface area (TPSA) is 75.4 Å². The van der Waals surface area contributed by atoms with Crippen LogP contribution in [-0.2, 0) is 10.0 Å². The van der Waals surface area contributed by atoms with Crippen LogP contribution in [0.15, 0.2) is 23.1 Å². The fraction of sp³-hybridized carbons (Fsp3) is 0.600. The molecule has 0 aromatic heterocycles. The molecule has 0 heterocycles. The van der Waals surface area contributed by atoms with Crippen LogP contribution in [0, 0.1) is 5.92 Å². The zero-order chi connectivity index (χ0) is 16.2. The van der Waals surface area contributed by atoms with Crippen molar-refractivity contribution in [2.45, 2.75) is 44.6 Å². The lowest BCUT2D eigenvalue weighted by Gasteiger charge is -2.19. The second-order valence-electron chi connectivity index (χ2n) is 6.05. The number of nitrogens with zero attached hydrogens (tertiary/aromatic N) is 1. The Morgan fingerprint density at radius 3 is 2.29 bits per heavy atom. The number of nitrogens with one attached hydrogen (secondary N) is 1. The summed E-state index contributed by atoms with van der Waals surface area (Å²) < 4.78 is 25.3. The molecule has 0 radical (unpaired) electrons. The first-order chi connectivity index (χ1) is 9.64. The lowest BCUT2D eigenvalue weighted by atomic mass is 10.0. The Labute approximate surface area is 128 Å². The van der Waals surface area contributed by atoms with Crippen molar-refractivity contribution in [3.8, 4) is 0 Å². The van der Waals surface area contributed by atoms with Gasteiger partial charge in [0.2, 0.25) is 10.0 Å². The highest BCUT2D eigenvalue weighted by Gasteiger charge is 2.18. The van der Waals surface area contributed by atoms with Crippen LogP contribution < -0.4 is 11.1 Å². The van der Waals surface area contributed by atoms with Crippen LogP contribution in [0.25, 0.3) is 0 Å². The maximum atomic E-state index is 12.0. The molecular formula is C15H27N3O2S. The Morgan fingerprint density at radius 1 is 1.19 bits per heavy atom. The highest BCUT2D eigenvalue weighted by atomic mass is 32.2. The number of benzene rings is 1. The number of nitrogen functional groups attached to an aromatic ring is 1. The van der Waals surface area contributed by atoms with E-state index in [0.717, 1.165) is 18.5 Å². The Bertz CT molecular complexity index is 568. The average Bonchev–Trinajstić information content (AvgIpc) is 2.38. The van der Waals surface area contributed by atoms with Crippen molar-refractivity contribution in [1.29, 1.82) is 0 Å². The molecule has 1 aromatic carbocycles. The van der Waals surface area contributed by atoms with Crippen molar-refractivity contribution in [1.82, 2.24) is 4.31 Å². The highest BCUT2D eigenvalue weighted by molar-refractivity contribution is 7.89. The van der Waals surface area contributed by atoms with E-state index in [0.29, 0.717) is 17.6 Å². The van der Waals surface area contributed by atoms with E-state index in [2.05, 4.69) is 26.1 Å². The molecule has 21 heavy (non-hydrogen) atoms. The van der Waals surface area contributed by atoms with Gasteiger partial charge in [-0.3, -0.25) is 0 Å². The van der Waals surface area contributed by atoms with E-state index in [1.807, 2.05) is 0 Å². The van der Waals surface area contributed by atoms with Crippen LogP contribution in [0.4, 0.5) is 11.4 Å². The SMILES string of the molecule is CC(C)CCC(C)Nc1ccc(S(=O)(=O)N(C)C)cc1N. The highest BCUT2D eigenvalue weighted by Crippen LogP contribution is 2.25. The van der Waals surface area contributed by atoms with Gasteiger partial charge < -0.3 is 11.1 Å². The molecule has 1 unspecified atom stereocenters. The molecule has 0 fully saturated rings. The summed E-state index contributed by atoms with van der Waals surface area (Å²) in [6.45, 7) is 6.50. The second kappa shape index (κ2) is 7.13. The van der Waals surface area contributed by atoms with Crippen LogP contribution in [0.1, 0.15) is 33.6 Å². The molecular weight excluding hydrogens is 286 g/mol. The fourth-order valence-corrected chi connectivity index (χ4v) is 2.90. The Kier molecular flexibility index (Phi) is 6.04. The molecule has 5 nitrogen and oxygen atoms in total. The molecule has 120 valence electrons. The van der Waals surface area contributed by atoms with Crippen LogP contribution >= 0.6 is 0 Å². The molecule has 0 aliphatic carbocycles. The molecule has 0 aliphatic rings. The van der Waals surface area contributed by atoms with E-state index in [4.69, 9.17) is 5.73 Å². The van der Waals surface area contributed by atoms with Crippen molar-refractivity contribution in [2.24, 2.45) is 5.92 Å². The molecule has 0 amide bonds. The van der Waals surface area contributed by atoms with E-state index >= 15 is 0 Å². The van der Waals surface area contributed by atoms with Crippen LogP contribution in [0.3, 0.4) is 0 Å². The number of hydrogen-bond acceptors (Lipinski definition) is 4. The molecule has 3 N–H and O–H groups in total. The maximum Gasteiger partial charge on any atom is 0.242 e. The van der Waals surface area contributed by atoms with Crippen molar-refractivity contribution in [2.75, 3.05) is 25.1 Å². The zero-order valence-corrected chi connectivity index (χ0v) is 14.4. The first-order valence-corrected chi connectivity index (χ1v) is 8.67. The smallest absolute Gasteiger partial charge is 0.242 e. The summed E-state index contributed by atoms with van der Waals surface area (Å²) in [6.07, 6.45) is 2.19. The molecule has 1 rings (SSSR count). The number of nitrogens with two attached hydrogens (primary N) is 1. The molecule has 0 aliphatic heterocycles. The normalized spacial score (nSPS) is 13.7. The summed E-state index contributed by atoms with van der Waals surface area (Å²) in [6, 6.07) is 5.12. The molecule has 1 atom stereocenters. The summed E-state index contributed by atoms with van der Waals surface area (Å²) in [5.74, 6) is 0.666. The van der Waals surface area contributed by atoms with E-state index < -0.39 is 10.0 Å². The largest absolute Gasteiger partial charge is 0.397 e. The Balaban J connectivity index is 2.84. The van der Waals surface area contributed by atoms with Gasteiger partial charge >= 0.3 is 0 Å². The Morgan fingerprint density at radius 2 is 1.81 bits per heavy atom. The summed E-state index contributed by atoms with van der Waals surface area (Å²) in [5, 5.41) is 3.34. The monoisotopic (exact) mass is 313 g/mol. The third-order valence-corrected chi connectivity index (χ3v) is 5.19. The van der Waals surface area contributed by atoms with Gasteiger partial charge in [0.15, 0.2) is 0 Å². The molecule has 1 aromatic rings. The number of sulfonamides is 1. The molecule has 0 spiro atoms. The fourth-order valence-electron chi connectivity index (χ4n) is 1.96. The van der Waals surface area contributed by atoms with Gasteiger partial charge in [-0.1, -0.05) is 13.8 Å². The van der Waals surface area contributed by atoms with Gasteiger partial charge in [0.25, 0.3) is 0 Å².